The van der Waals surface area contributed by atoms with Gasteiger partial charge in [-0.2, -0.15) is 0 Å². The van der Waals surface area contributed by atoms with Crippen LogP contribution in [-0.4, -0.2) is 63.5 Å². The van der Waals surface area contributed by atoms with Gasteiger partial charge in [0.05, 0.1) is 18.8 Å². The summed E-state index contributed by atoms with van der Waals surface area (Å²) in [5, 5.41) is 19.9. The second-order valence-corrected chi connectivity index (χ2v) is 14.5. The van der Waals surface area contributed by atoms with Gasteiger partial charge in [-0.25, -0.2) is 4.57 Å². The average Bonchev–Trinajstić information content (AvgIpc) is 3.18. The van der Waals surface area contributed by atoms with Crippen LogP contribution in [0.15, 0.2) is 134 Å². The van der Waals surface area contributed by atoms with Gasteiger partial charge < -0.3 is 29.5 Å². The molecule has 0 saturated carbocycles. The van der Waals surface area contributed by atoms with Crippen LogP contribution in [0.25, 0.3) is 0 Å². The molecule has 0 unspecified atom stereocenters. The van der Waals surface area contributed by atoms with Crippen LogP contribution in [0.2, 0.25) is 0 Å². The summed E-state index contributed by atoms with van der Waals surface area (Å²) >= 11 is 0. The highest BCUT2D eigenvalue weighted by atomic mass is 31.2. The number of phosphoric acid groups is 1. The van der Waals surface area contributed by atoms with Gasteiger partial charge >= 0.3 is 19.8 Å². The predicted molar refractivity (Wildman–Crippen MR) is 237 cm³/mol. The second-order valence-electron chi connectivity index (χ2n) is 13.2. The van der Waals surface area contributed by atoms with Crippen LogP contribution >= 0.6 is 7.82 Å². The van der Waals surface area contributed by atoms with Crippen molar-refractivity contribution in [2.45, 2.75) is 135 Å². The molecular weight excluding hydrogens is 755 g/mol. The lowest BCUT2D eigenvalue weighted by Crippen LogP contribution is -2.29. The standard InChI is InChI=1S/C47H71O10P/c1-3-5-7-8-9-10-11-12-13-14-15-16-17-18-19-20-24-27-33-40-47(51)57-45(42-56-58(52,53)54)41-55-46(50)39-34-28-32-38-44(49)37-31-26-23-21-22-25-30-36-43(48)35-29-6-4-2/h5-7,9-10,12-13,15-16,18-19,22-23,25-26,29-32,36-38,43-45,48-49H,3-4,8,11,14,17,20-21,24,27-28,33-35,39-42H2,1-2H3,(H2,52,53,54)/b7-5-,10-9-,13-12-,16-15-,19-18-,25-22-,26-23-,29-6-,36-30+,37-31+,38-32-/t43-,44-,45-/m1/s1. The molecule has 10 nitrogen and oxygen atoms in total. The van der Waals surface area contributed by atoms with Crippen molar-refractivity contribution in [3.8, 4) is 0 Å². The number of esters is 2. The summed E-state index contributed by atoms with van der Waals surface area (Å²) in [5.74, 6) is -1.12. The number of unbranched alkanes of at least 4 members (excludes halogenated alkanes) is 4. The van der Waals surface area contributed by atoms with Gasteiger partial charge in [-0.3, -0.25) is 14.1 Å². The Labute approximate surface area is 348 Å². The van der Waals surface area contributed by atoms with E-state index >= 15 is 0 Å². The van der Waals surface area contributed by atoms with E-state index in [0.29, 0.717) is 32.1 Å². The molecule has 0 saturated heterocycles. The van der Waals surface area contributed by atoms with Gasteiger partial charge in [-0.15, -0.1) is 0 Å². The molecule has 0 radical (unpaired) electrons. The molecule has 3 atom stereocenters. The fraction of sp³-hybridized carbons (Fsp3) is 0.489. The molecule has 58 heavy (non-hydrogen) atoms. The Balaban J connectivity index is 4.28. The highest BCUT2D eigenvalue weighted by Crippen LogP contribution is 2.36. The van der Waals surface area contributed by atoms with Gasteiger partial charge in [0, 0.05) is 12.8 Å². The largest absolute Gasteiger partial charge is 0.469 e. The topological polar surface area (TPSA) is 160 Å². The van der Waals surface area contributed by atoms with Crippen molar-refractivity contribution in [3.05, 3.63) is 134 Å². The zero-order chi connectivity index (χ0) is 42.8. The minimum atomic E-state index is -4.82. The zero-order valence-electron chi connectivity index (χ0n) is 34.8. The number of ether oxygens (including phenoxy) is 2. The number of phosphoric ester groups is 1. The van der Waals surface area contributed by atoms with Gasteiger partial charge in [0.15, 0.2) is 6.10 Å². The average molecular weight is 827 g/mol. The highest BCUT2D eigenvalue weighted by molar-refractivity contribution is 7.46. The van der Waals surface area contributed by atoms with Crippen LogP contribution in [0.4, 0.5) is 0 Å². The smallest absolute Gasteiger partial charge is 0.462 e. The summed E-state index contributed by atoms with van der Waals surface area (Å²) in [6, 6.07) is 0. The van der Waals surface area contributed by atoms with Crippen molar-refractivity contribution in [1.29, 1.82) is 0 Å². The molecule has 11 heteroatoms. The van der Waals surface area contributed by atoms with Gasteiger partial charge in [-0.1, -0.05) is 154 Å². The van der Waals surface area contributed by atoms with Crippen LogP contribution in [0.3, 0.4) is 0 Å². The zero-order valence-corrected chi connectivity index (χ0v) is 35.7. The minimum absolute atomic E-state index is 0.0640. The number of hydrogen-bond donors (Lipinski definition) is 4. The van der Waals surface area contributed by atoms with E-state index in [4.69, 9.17) is 19.3 Å². The summed E-state index contributed by atoms with van der Waals surface area (Å²) in [6.07, 6.45) is 52.4. The van der Waals surface area contributed by atoms with Gasteiger partial charge in [0.1, 0.15) is 6.61 Å². The maximum Gasteiger partial charge on any atom is 0.469 e. The third-order valence-electron chi connectivity index (χ3n) is 7.84. The monoisotopic (exact) mass is 826 g/mol. The van der Waals surface area contributed by atoms with E-state index in [1.165, 1.54) is 0 Å². The fourth-order valence-corrected chi connectivity index (χ4v) is 5.14. The number of allylic oxidation sites excluding steroid dienone is 18. The molecular formula is C47H71O10P. The maximum atomic E-state index is 12.4. The number of aliphatic hydroxyl groups is 2. The van der Waals surface area contributed by atoms with Gasteiger partial charge in [0.25, 0.3) is 0 Å². The maximum absolute atomic E-state index is 12.4. The summed E-state index contributed by atoms with van der Waals surface area (Å²) in [6.45, 7) is 3.17. The Kier molecular flexibility index (Phi) is 37.2. The molecule has 0 rings (SSSR count). The lowest BCUT2D eigenvalue weighted by Gasteiger charge is -2.18. The molecule has 324 valence electrons. The van der Waals surface area contributed by atoms with Crippen molar-refractivity contribution in [2.75, 3.05) is 13.2 Å². The van der Waals surface area contributed by atoms with Gasteiger partial charge in [-0.05, 0) is 83.5 Å². The summed E-state index contributed by atoms with van der Waals surface area (Å²) in [5.41, 5.74) is 0. The van der Waals surface area contributed by atoms with Crippen LogP contribution in [0, 0.1) is 0 Å². The normalized spacial score (nSPS) is 14.9. The van der Waals surface area contributed by atoms with Crippen molar-refractivity contribution < 1.29 is 48.2 Å². The number of carbonyl (C=O) groups is 2. The molecule has 0 aliphatic rings. The molecule has 0 spiro atoms. The predicted octanol–water partition coefficient (Wildman–Crippen LogP) is 10.7. The van der Waals surface area contributed by atoms with Crippen molar-refractivity contribution in [3.63, 3.8) is 0 Å². The number of carbonyl (C=O) groups excluding carboxylic acids is 2. The lowest BCUT2D eigenvalue weighted by molar-refractivity contribution is -0.161. The van der Waals surface area contributed by atoms with E-state index in [-0.39, 0.29) is 12.8 Å². The first-order chi connectivity index (χ1) is 28.1. The SMILES string of the molecule is CC/C=C\C/C=C\C/C=C\C/C=C\C/C=C\CCCCCC(=O)O[C@H](COC(=O)CCC/C=C\[C@H](O)/C=C/C=C\C/C=C\C=C\[C@H](O)C/C=C\CC)COP(=O)(O)O. The van der Waals surface area contributed by atoms with Crippen LogP contribution in [0.1, 0.15) is 117 Å². The number of rotatable bonds is 35. The van der Waals surface area contributed by atoms with Gasteiger partial charge in [0.2, 0.25) is 0 Å². The third-order valence-corrected chi connectivity index (χ3v) is 8.32. The molecule has 0 aliphatic heterocycles. The van der Waals surface area contributed by atoms with Crippen molar-refractivity contribution >= 4 is 19.8 Å². The van der Waals surface area contributed by atoms with Crippen LogP contribution < -0.4 is 0 Å². The Bertz CT molecular complexity index is 1420. The molecule has 0 bridgehead atoms. The molecule has 0 amide bonds. The Morgan fingerprint density at radius 3 is 1.71 bits per heavy atom. The third kappa shape index (κ3) is 41.7. The lowest BCUT2D eigenvalue weighted by atomic mass is 10.1. The minimum Gasteiger partial charge on any atom is -0.462 e. The molecule has 0 aliphatic carbocycles. The highest BCUT2D eigenvalue weighted by Gasteiger charge is 2.22. The van der Waals surface area contributed by atoms with Crippen LogP contribution in [0.5, 0.6) is 0 Å². The molecule has 0 aromatic heterocycles. The van der Waals surface area contributed by atoms with E-state index in [1.54, 1.807) is 30.4 Å². The number of hydrogen-bond acceptors (Lipinski definition) is 8. The quantitative estimate of drug-likeness (QED) is 0.0159. The summed E-state index contributed by atoms with van der Waals surface area (Å²) in [7, 11) is -4.82. The molecule has 0 aromatic carbocycles. The summed E-state index contributed by atoms with van der Waals surface area (Å²) < 4.78 is 26.2. The molecule has 0 fully saturated rings. The second kappa shape index (κ2) is 39.9. The van der Waals surface area contributed by atoms with Crippen LogP contribution in [-0.2, 0) is 28.2 Å². The summed E-state index contributed by atoms with van der Waals surface area (Å²) in [4.78, 5) is 42.9. The van der Waals surface area contributed by atoms with E-state index < -0.39 is 51.3 Å². The molecule has 0 heterocycles. The molecule has 0 aromatic rings. The first-order valence-corrected chi connectivity index (χ1v) is 22.2. The Morgan fingerprint density at radius 1 is 0.552 bits per heavy atom. The first kappa shape index (κ1) is 54.1. The van der Waals surface area contributed by atoms with Crippen molar-refractivity contribution in [2.24, 2.45) is 0 Å². The van der Waals surface area contributed by atoms with E-state index in [1.807, 2.05) is 49.5 Å². The first-order valence-electron chi connectivity index (χ1n) is 20.7. The Hall–Kier alpha value is -3.89. The van der Waals surface area contributed by atoms with E-state index in [0.717, 1.165) is 57.8 Å². The fourth-order valence-electron chi connectivity index (χ4n) is 4.78. The van der Waals surface area contributed by atoms with Crippen molar-refractivity contribution in [1.82, 2.24) is 0 Å². The Morgan fingerprint density at radius 2 is 1.09 bits per heavy atom. The van der Waals surface area contributed by atoms with E-state index in [9.17, 15) is 24.4 Å². The van der Waals surface area contributed by atoms with E-state index in [2.05, 4.69) is 72.2 Å². The molecule has 4 N–H and O–H groups in total. The number of aliphatic hydroxyl groups excluding tert-OH is 2.